The zero-order valence-electron chi connectivity index (χ0n) is 8.79. The number of hydrogen-bond acceptors (Lipinski definition) is 3. The predicted molar refractivity (Wildman–Crippen MR) is 61.3 cm³/mol. The van der Waals surface area contributed by atoms with Crippen molar-refractivity contribution in [1.29, 1.82) is 0 Å². The van der Waals surface area contributed by atoms with Crippen LogP contribution in [0.3, 0.4) is 0 Å². The standard InChI is InChI=1S/C10H20N2OS/c1-8(4-5-11)14-7-10(13)12-6-9-2-3-9/h8-9H,2-7,11H2,1H3,(H,12,13). The van der Waals surface area contributed by atoms with Crippen molar-refractivity contribution in [2.24, 2.45) is 11.7 Å². The number of hydrogen-bond donors (Lipinski definition) is 2. The lowest BCUT2D eigenvalue weighted by atomic mass is 10.3. The maximum absolute atomic E-state index is 11.3. The van der Waals surface area contributed by atoms with E-state index in [-0.39, 0.29) is 5.91 Å². The zero-order chi connectivity index (χ0) is 10.4. The highest BCUT2D eigenvalue weighted by atomic mass is 32.2. The number of amides is 1. The fraction of sp³-hybridized carbons (Fsp3) is 0.900. The van der Waals surface area contributed by atoms with Crippen molar-refractivity contribution in [3.63, 3.8) is 0 Å². The minimum Gasteiger partial charge on any atom is -0.355 e. The fourth-order valence-corrected chi connectivity index (χ4v) is 2.01. The summed E-state index contributed by atoms with van der Waals surface area (Å²) < 4.78 is 0. The molecule has 0 aliphatic heterocycles. The van der Waals surface area contributed by atoms with Gasteiger partial charge >= 0.3 is 0 Å². The van der Waals surface area contributed by atoms with Crippen molar-refractivity contribution in [3.8, 4) is 0 Å². The molecule has 14 heavy (non-hydrogen) atoms. The van der Waals surface area contributed by atoms with Crippen LogP contribution in [0.4, 0.5) is 0 Å². The Labute approximate surface area is 90.2 Å². The third-order valence-corrected chi connectivity index (χ3v) is 3.59. The van der Waals surface area contributed by atoms with Gasteiger partial charge in [0.15, 0.2) is 0 Å². The summed E-state index contributed by atoms with van der Waals surface area (Å²) in [5, 5.41) is 3.44. The Hall–Kier alpha value is -0.220. The van der Waals surface area contributed by atoms with Gasteiger partial charge in [-0.15, -0.1) is 11.8 Å². The van der Waals surface area contributed by atoms with Crippen LogP contribution >= 0.6 is 11.8 Å². The van der Waals surface area contributed by atoms with Crippen LogP contribution in [0.5, 0.6) is 0 Å². The maximum atomic E-state index is 11.3. The number of carbonyl (C=O) groups is 1. The van der Waals surface area contributed by atoms with E-state index in [2.05, 4.69) is 12.2 Å². The Kier molecular flexibility index (Phi) is 5.33. The third kappa shape index (κ3) is 5.50. The van der Waals surface area contributed by atoms with Crippen LogP contribution in [0, 0.1) is 5.92 Å². The molecule has 0 bridgehead atoms. The summed E-state index contributed by atoms with van der Waals surface area (Å²) in [5.41, 5.74) is 5.43. The minimum absolute atomic E-state index is 0.172. The molecule has 0 aromatic carbocycles. The lowest BCUT2D eigenvalue weighted by molar-refractivity contribution is -0.118. The normalized spacial score (nSPS) is 17.9. The molecule has 0 radical (unpaired) electrons. The summed E-state index contributed by atoms with van der Waals surface area (Å²) in [6.07, 6.45) is 3.56. The van der Waals surface area contributed by atoms with Gasteiger partial charge in [-0.25, -0.2) is 0 Å². The van der Waals surface area contributed by atoms with Crippen molar-refractivity contribution < 1.29 is 4.79 Å². The van der Waals surface area contributed by atoms with Crippen molar-refractivity contribution in [2.75, 3.05) is 18.8 Å². The van der Waals surface area contributed by atoms with Crippen molar-refractivity contribution in [2.45, 2.75) is 31.4 Å². The molecule has 0 aromatic heterocycles. The quantitative estimate of drug-likeness (QED) is 0.667. The first-order valence-corrected chi connectivity index (χ1v) is 6.35. The first-order chi connectivity index (χ1) is 6.72. The van der Waals surface area contributed by atoms with Gasteiger partial charge in [0, 0.05) is 11.8 Å². The van der Waals surface area contributed by atoms with Crippen molar-refractivity contribution in [1.82, 2.24) is 5.32 Å². The summed E-state index contributed by atoms with van der Waals surface area (Å²) in [5.74, 6) is 1.52. The van der Waals surface area contributed by atoms with E-state index in [0.717, 1.165) is 18.9 Å². The zero-order valence-corrected chi connectivity index (χ0v) is 9.61. The monoisotopic (exact) mass is 216 g/mol. The van der Waals surface area contributed by atoms with Gasteiger partial charge in [-0.2, -0.15) is 0 Å². The molecule has 1 amide bonds. The third-order valence-electron chi connectivity index (χ3n) is 2.36. The van der Waals surface area contributed by atoms with Crippen LogP contribution in [-0.2, 0) is 4.79 Å². The number of nitrogens with two attached hydrogens (primary N) is 1. The van der Waals surface area contributed by atoms with Crippen LogP contribution < -0.4 is 11.1 Å². The number of rotatable bonds is 7. The Morgan fingerprint density at radius 2 is 2.36 bits per heavy atom. The highest BCUT2D eigenvalue weighted by molar-refractivity contribution is 8.00. The molecule has 1 saturated carbocycles. The lowest BCUT2D eigenvalue weighted by Gasteiger charge is -2.09. The molecule has 1 aliphatic rings. The molecule has 1 atom stereocenters. The second kappa shape index (κ2) is 6.30. The van der Waals surface area contributed by atoms with E-state index < -0.39 is 0 Å². The van der Waals surface area contributed by atoms with E-state index in [1.54, 1.807) is 11.8 Å². The summed E-state index contributed by atoms with van der Waals surface area (Å²) in [4.78, 5) is 11.3. The van der Waals surface area contributed by atoms with Crippen LogP contribution in [-0.4, -0.2) is 30.0 Å². The molecule has 82 valence electrons. The molecule has 0 aromatic rings. The highest BCUT2D eigenvalue weighted by Gasteiger charge is 2.21. The fourth-order valence-electron chi connectivity index (χ4n) is 1.17. The molecule has 0 heterocycles. The predicted octanol–water partition coefficient (Wildman–Crippen LogP) is 0.983. The molecule has 3 N–H and O–H groups in total. The summed E-state index contributed by atoms with van der Waals surface area (Å²) >= 11 is 1.69. The summed E-state index contributed by atoms with van der Waals surface area (Å²) in [6.45, 7) is 3.70. The Morgan fingerprint density at radius 1 is 1.64 bits per heavy atom. The average molecular weight is 216 g/mol. The smallest absolute Gasteiger partial charge is 0.230 e. The average Bonchev–Trinajstić information content (AvgIpc) is 2.95. The first kappa shape index (κ1) is 11.9. The van der Waals surface area contributed by atoms with Gasteiger partial charge in [0.1, 0.15) is 0 Å². The van der Waals surface area contributed by atoms with Gasteiger partial charge in [0.25, 0.3) is 0 Å². The molecule has 1 rings (SSSR count). The van der Waals surface area contributed by atoms with Gasteiger partial charge in [-0.3, -0.25) is 4.79 Å². The molecule has 0 saturated heterocycles. The lowest BCUT2D eigenvalue weighted by Crippen LogP contribution is -2.27. The van der Waals surface area contributed by atoms with Crippen LogP contribution in [0.15, 0.2) is 0 Å². The second-order valence-electron chi connectivity index (χ2n) is 3.95. The van der Waals surface area contributed by atoms with E-state index in [9.17, 15) is 4.79 Å². The molecule has 1 fully saturated rings. The van der Waals surface area contributed by atoms with Crippen molar-refractivity contribution >= 4 is 17.7 Å². The minimum atomic E-state index is 0.172. The molecule has 0 spiro atoms. The Balaban J connectivity index is 1.95. The van der Waals surface area contributed by atoms with Gasteiger partial charge in [-0.1, -0.05) is 6.92 Å². The molecule has 1 unspecified atom stereocenters. The van der Waals surface area contributed by atoms with Crippen LogP contribution in [0.25, 0.3) is 0 Å². The maximum Gasteiger partial charge on any atom is 0.230 e. The molecular formula is C10H20N2OS. The first-order valence-electron chi connectivity index (χ1n) is 5.30. The van der Waals surface area contributed by atoms with E-state index in [1.807, 2.05) is 0 Å². The van der Waals surface area contributed by atoms with Gasteiger partial charge in [-0.05, 0) is 31.7 Å². The van der Waals surface area contributed by atoms with E-state index >= 15 is 0 Å². The van der Waals surface area contributed by atoms with Gasteiger partial charge in [0.2, 0.25) is 5.91 Å². The van der Waals surface area contributed by atoms with E-state index in [4.69, 9.17) is 5.73 Å². The summed E-state index contributed by atoms with van der Waals surface area (Å²) in [7, 11) is 0. The SMILES string of the molecule is CC(CCN)SCC(=O)NCC1CC1. The number of nitrogens with one attached hydrogen (secondary N) is 1. The van der Waals surface area contributed by atoms with Crippen LogP contribution in [0.1, 0.15) is 26.2 Å². The Bertz CT molecular complexity index is 183. The second-order valence-corrected chi connectivity index (χ2v) is 5.37. The van der Waals surface area contributed by atoms with Crippen LogP contribution in [0.2, 0.25) is 0 Å². The van der Waals surface area contributed by atoms with E-state index in [0.29, 0.717) is 17.5 Å². The molecule has 4 heteroatoms. The number of thioether (sulfide) groups is 1. The number of carbonyl (C=O) groups excluding carboxylic acids is 1. The topological polar surface area (TPSA) is 55.1 Å². The summed E-state index contributed by atoms with van der Waals surface area (Å²) in [6, 6.07) is 0. The largest absolute Gasteiger partial charge is 0.355 e. The van der Waals surface area contributed by atoms with E-state index in [1.165, 1.54) is 12.8 Å². The molecule has 1 aliphatic carbocycles. The van der Waals surface area contributed by atoms with Gasteiger partial charge in [0.05, 0.1) is 5.75 Å². The Morgan fingerprint density at radius 3 is 2.93 bits per heavy atom. The highest BCUT2D eigenvalue weighted by Crippen LogP contribution is 2.27. The van der Waals surface area contributed by atoms with Gasteiger partial charge < -0.3 is 11.1 Å². The van der Waals surface area contributed by atoms with Crippen molar-refractivity contribution in [3.05, 3.63) is 0 Å². The molecule has 3 nitrogen and oxygen atoms in total. The molecular weight excluding hydrogens is 196 g/mol.